The van der Waals surface area contributed by atoms with E-state index in [0.717, 1.165) is 12.5 Å². The number of ether oxygens (including phenoxy) is 1. The highest BCUT2D eigenvalue weighted by atomic mass is 79.9. The Morgan fingerprint density at radius 2 is 2.05 bits per heavy atom. The SMILES string of the molecule is Brc1ccc2c(c1)CCC2NC1CCOC1C1CC1. The van der Waals surface area contributed by atoms with Gasteiger partial charge in [-0.05, 0) is 61.3 Å². The van der Waals surface area contributed by atoms with E-state index in [4.69, 9.17) is 4.74 Å². The van der Waals surface area contributed by atoms with Gasteiger partial charge in [0, 0.05) is 23.2 Å². The first-order valence-corrected chi connectivity index (χ1v) is 8.26. The van der Waals surface area contributed by atoms with Gasteiger partial charge in [-0.3, -0.25) is 0 Å². The van der Waals surface area contributed by atoms with E-state index in [1.807, 2.05) is 0 Å². The molecule has 2 nitrogen and oxygen atoms in total. The molecule has 3 aliphatic rings. The molecule has 1 aromatic carbocycles. The molecule has 2 fully saturated rings. The summed E-state index contributed by atoms with van der Waals surface area (Å²) in [6.07, 6.45) is 6.85. The van der Waals surface area contributed by atoms with Gasteiger partial charge in [-0.15, -0.1) is 0 Å². The van der Waals surface area contributed by atoms with Crippen molar-refractivity contribution >= 4 is 15.9 Å². The largest absolute Gasteiger partial charge is 0.376 e. The minimum absolute atomic E-state index is 0.486. The monoisotopic (exact) mass is 321 g/mol. The fourth-order valence-electron chi connectivity index (χ4n) is 3.70. The molecule has 3 unspecified atom stereocenters. The van der Waals surface area contributed by atoms with Crippen molar-refractivity contribution in [2.24, 2.45) is 5.92 Å². The van der Waals surface area contributed by atoms with Crippen molar-refractivity contribution in [3.05, 3.63) is 33.8 Å². The lowest BCUT2D eigenvalue weighted by Gasteiger charge is -2.24. The first kappa shape index (κ1) is 12.4. The molecule has 0 amide bonds. The van der Waals surface area contributed by atoms with Crippen molar-refractivity contribution in [3.8, 4) is 0 Å². The zero-order valence-electron chi connectivity index (χ0n) is 11.1. The van der Waals surface area contributed by atoms with Crippen LogP contribution in [0.3, 0.4) is 0 Å². The summed E-state index contributed by atoms with van der Waals surface area (Å²) in [4.78, 5) is 0. The highest BCUT2D eigenvalue weighted by molar-refractivity contribution is 9.10. The zero-order valence-corrected chi connectivity index (χ0v) is 12.7. The average molecular weight is 322 g/mol. The third-order valence-corrected chi connectivity index (χ3v) is 5.31. The summed E-state index contributed by atoms with van der Waals surface area (Å²) in [5.74, 6) is 0.839. The Morgan fingerprint density at radius 1 is 1.16 bits per heavy atom. The van der Waals surface area contributed by atoms with Crippen molar-refractivity contribution in [1.82, 2.24) is 5.32 Å². The van der Waals surface area contributed by atoms with Crippen LogP contribution < -0.4 is 5.32 Å². The van der Waals surface area contributed by atoms with Crippen LogP contribution in [0.25, 0.3) is 0 Å². The predicted octanol–water partition coefficient (Wildman–Crippen LogP) is 3.59. The number of aryl methyl sites for hydroxylation is 1. The maximum absolute atomic E-state index is 5.94. The van der Waals surface area contributed by atoms with E-state index in [1.165, 1.54) is 47.7 Å². The number of hydrogen-bond donors (Lipinski definition) is 1. The fraction of sp³-hybridized carbons (Fsp3) is 0.625. The third-order valence-electron chi connectivity index (χ3n) is 4.82. The smallest absolute Gasteiger partial charge is 0.0757 e. The molecule has 1 aliphatic heterocycles. The normalized spacial score (nSPS) is 33.6. The molecule has 3 atom stereocenters. The zero-order chi connectivity index (χ0) is 12.8. The van der Waals surface area contributed by atoms with Crippen LogP contribution in [0, 0.1) is 5.92 Å². The first-order chi connectivity index (χ1) is 9.31. The van der Waals surface area contributed by atoms with Crippen LogP contribution in [0.2, 0.25) is 0 Å². The lowest BCUT2D eigenvalue weighted by molar-refractivity contribution is 0.0788. The van der Waals surface area contributed by atoms with Crippen LogP contribution in [-0.2, 0) is 11.2 Å². The Balaban J connectivity index is 1.49. The Hall–Kier alpha value is -0.380. The second-order valence-corrected chi connectivity index (χ2v) is 7.08. The van der Waals surface area contributed by atoms with Gasteiger partial charge in [-0.1, -0.05) is 22.0 Å². The summed E-state index contributed by atoms with van der Waals surface area (Å²) in [5.41, 5.74) is 3.01. The van der Waals surface area contributed by atoms with Gasteiger partial charge in [-0.25, -0.2) is 0 Å². The highest BCUT2D eigenvalue weighted by Crippen LogP contribution is 2.40. The van der Waals surface area contributed by atoms with Gasteiger partial charge in [-0.2, -0.15) is 0 Å². The standard InChI is InChI=1S/C16H20BrNO/c17-12-4-5-13-11(9-12)3-6-14(13)18-15-7-8-19-16(15)10-1-2-10/h4-5,9-10,14-16,18H,1-3,6-8H2. The summed E-state index contributed by atoms with van der Waals surface area (Å²) < 4.78 is 7.14. The predicted molar refractivity (Wildman–Crippen MR) is 79.2 cm³/mol. The molecule has 1 heterocycles. The summed E-state index contributed by atoms with van der Waals surface area (Å²) in [7, 11) is 0. The minimum Gasteiger partial charge on any atom is -0.376 e. The van der Waals surface area contributed by atoms with Crippen molar-refractivity contribution < 1.29 is 4.74 Å². The van der Waals surface area contributed by atoms with Crippen LogP contribution in [-0.4, -0.2) is 18.8 Å². The summed E-state index contributed by atoms with van der Waals surface area (Å²) in [5, 5.41) is 3.88. The molecule has 0 radical (unpaired) electrons. The minimum atomic E-state index is 0.486. The highest BCUT2D eigenvalue weighted by Gasteiger charge is 2.41. The molecule has 0 spiro atoms. The summed E-state index contributed by atoms with van der Waals surface area (Å²) in [6, 6.07) is 7.85. The molecule has 1 saturated carbocycles. The molecule has 1 aromatic rings. The van der Waals surface area contributed by atoms with Gasteiger partial charge in [0.2, 0.25) is 0 Å². The molecule has 4 rings (SSSR count). The van der Waals surface area contributed by atoms with E-state index in [2.05, 4.69) is 39.4 Å². The van der Waals surface area contributed by atoms with E-state index < -0.39 is 0 Å². The third kappa shape index (κ3) is 2.37. The van der Waals surface area contributed by atoms with Gasteiger partial charge in [0.05, 0.1) is 6.10 Å². The van der Waals surface area contributed by atoms with E-state index >= 15 is 0 Å². The van der Waals surface area contributed by atoms with E-state index in [0.29, 0.717) is 18.2 Å². The molecule has 0 aromatic heterocycles. The molecule has 1 N–H and O–H groups in total. The van der Waals surface area contributed by atoms with E-state index in [9.17, 15) is 0 Å². The Morgan fingerprint density at radius 3 is 2.89 bits per heavy atom. The van der Waals surface area contributed by atoms with Crippen molar-refractivity contribution in [1.29, 1.82) is 0 Å². The Labute approximate surface area is 123 Å². The van der Waals surface area contributed by atoms with Gasteiger partial charge in [0.25, 0.3) is 0 Å². The lowest BCUT2D eigenvalue weighted by Crippen LogP contribution is -2.39. The Kier molecular flexibility index (Phi) is 3.17. The Bertz CT molecular complexity index is 486. The van der Waals surface area contributed by atoms with E-state index in [1.54, 1.807) is 0 Å². The summed E-state index contributed by atoms with van der Waals surface area (Å²) in [6.45, 7) is 0.943. The number of halogens is 1. The van der Waals surface area contributed by atoms with Crippen LogP contribution in [0.4, 0.5) is 0 Å². The number of rotatable bonds is 3. The molecule has 19 heavy (non-hydrogen) atoms. The molecule has 102 valence electrons. The second kappa shape index (κ2) is 4.87. The molecule has 0 bridgehead atoms. The number of benzene rings is 1. The van der Waals surface area contributed by atoms with Crippen LogP contribution in [0.15, 0.2) is 22.7 Å². The van der Waals surface area contributed by atoms with E-state index in [-0.39, 0.29) is 0 Å². The lowest BCUT2D eigenvalue weighted by atomic mass is 10.0. The first-order valence-electron chi connectivity index (χ1n) is 7.47. The number of hydrogen-bond acceptors (Lipinski definition) is 2. The topological polar surface area (TPSA) is 21.3 Å². The maximum Gasteiger partial charge on any atom is 0.0757 e. The van der Waals surface area contributed by atoms with Gasteiger partial charge in [0.1, 0.15) is 0 Å². The second-order valence-electron chi connectivity index (χ2n) is 6.17. The van der Waals surface area contributed by atoms with Gasteiger partial charge < -0.3 is 10.1 Å². The van der Waals surface area contributed by atoms with Gasteiger partial charge >= 0.3 is 0 Å². The van der Waals surface area contributed by atoms with Crippen LogP contribution in [0.5, 0.6) is 0 Å². The van der Waals surface area contributed by atoms with Gasteiger partial charge in [0.15, 0.2) is 0 Å². The maximum atomic E-state index is 5.94. The summed E-state index contributed by atoms with van der Waals surface area (Å²) >= 11 is 3.57. The van der Waals surface area contributed by atoms with Crippen molar-refractivity contribution in [2.75, 3.05) is 6.61 Å². The average Bonchev–Trinajstić information content (AvgIpc) is 3.02. The molecular weight excluding hydrogens is 302 g/mol. The van der Waals surface area contributed by atoms with Crippen LogP contribution in [0.1, 0.15) is 42.9 Å². The molecule has 3 heteroatoms. The molecular formula is C16H20BrNO. The quantitative estimate of drug-likeness (QED) is 0.918. The molecule has 1 saturated heterocycles. The molecule has 2 aliphatic carbocycles. The van der Waals surface area contributed by atoms with Crippen molar-refractivity contribution in [2.45, 2.75) is 50.3 Å². The fourth-order valence-corrected chi connectivity index (χ4v) is 4.11. The van der Waals surface area contributed by atoms with Crippen molar-refractivity contribution in [3.63, 3.8) is 0 Å². The number of nitrogens with one attached hydrogen (secondary N) is 1. The number of fused-ring (bicyclic) bond motifs is 1. The van der Waals surface area contributed by atoms with Crippen LogP contribution >= 0.6 is 15.9 Å².